The van der Waals surface area contributed by atoms with E-state index in [2.05, 4.69) is 5.32 Å². The van der Waals surface area contributed by atoms with Crippen LogP contribution in [0.15, 0.2) is 0 Å². The van der Waals surface area contributed by atoms with Crippen molar-refractivity contribution < 1.29 is 6.22 Å². The quantitative estimate of drug-likeness (QED) is 0.513. The van der Waals surface area contributed by atoms with Crippen LogP contribution in [0.3, 0.4) is 0 Å². The lowest BCUT2D eigenvalue weighted by Gasteiger charge is -2.14. The van der Waals surface area contributed by atoms with Crippen molar-refractivity contribution in [2.24, 2.45) is 0 Å². The number of urea groups is 1. The van der Waals surface area contributed by atoms with Crippen LogP contribution in [0.2, 0.25) is 0 Å². The fourth-order valence-corrected chi connectivity index (χ4v) is 0.938. The van der Waals surface area contributed by atoms with Crippen molar-refractivity contribution in [1.29, 1.82) is 0 Å². The summed E-state index contributed by atoms with van der Waals surface area (Å²) in [6.45, 7) is 4.04. The van der Waals surface area contributed by atoms with Crippen molar-refractivity contribution >= 4 is 6.03 Å². The summed E-state index contributed by atoms with van der Waals surface area (Å²) < 4.78 is 0. The number of nitrogens with one attached hydrogen (secondary N) is 1. The second-order valence-electron chi connectivity index (χ2n) is 2.59. The number of hydrogen-bond acceptors (Lipinski definition) is 1. The van der Waals surface area contributed by atoms with Crippen molar-refractivity contribution in [2.75, 3.05) is 7.05 Å². The number of carbonyl (C=O) groups is 1. The number of carbonyl (C=O) groups excluding carboxylic acids is 1. The van der Waals surface area contributed by atoms with E-state index < -0.39 is 0 Å². The molecule has 0 spiro atoms. The molecule has 0 aliphatic carbocycles. The third kappa shape index (κ3) is 0.866. The van der Waals surface area contributed by atoms with Gasteiger partial charge in [-0.3, -0.25) is 0 Å². The summed E-state index contributed by atoms with van der Waals surface area (Å²) in [5.41, 5.74) is 0. The first-order valence-corrected chi connectivity index (χ1v) is 3.16. The molecular weight excluding hydrogens is 116 g/mol. The summed E-state index contributed by atoms with van der Waals surface area (Å²) in [5, 5.41) is 2.80. The maximum Gasteiger partial charge on any atom is 0.317 e. The number of amides is 2. The Labute approximate surface area is 56.5 Å². The second-order valence-corrected chi connectivity index (χ2v) is 2.59. The Hall–Kier alpha value is -0.730. The molecule has 1 saturated heterocycles. The van der Waals surface area contributed by atoms with E-state index in [1.807, 2.05) is 20.9 Å². The Morgan fingerprint density at radius 3 is 2.33 bits per heavy atom. The molecule has 0 bridgehead atoms. The maximum atomic E-state index is 10.8. The summed E-state index contributed by atoms with van der Waals surface area (Å²) in [6.07, 6.45) is 0. The van der Waals surface area contributed by atoms with Gasteiger partial charge in [-0.1, -0.05) is 0 Å². The molecule has 2 amide bonds. The molecule has 54 valence electrons. The van der Waals surface area contributed by atoms with Gasteiger partial charge in [-0.15, -0.1) is 0 Å². The van der Waals surface area contributed by atoms with E-state index in [0.717, 1.165) is 0 Å². The first kappa shape index (κ1) is 6.39. The lowest BCUT2D eigenvalue weighted by Crippen LogP contribution is -2.28. The first-order chi connectivity index (χ1) is 4.13. The van der Waals surface area contributed by atoms with E-state index in [9.17, 15) is 4.79 Å². The van der Waals surface area contributed by atoms with Gasteiger partial charge in [0, 0.05) is 14.5 Å². The molecule has 0 saturated carbocycles. The largest absolute Gasteiger partial charge is 0.333 e. The fourth-order valence-electron chi connectivity index (χ4n) is 0.938. The molecule has 1 rings (SSSR count). The third-order valence-electron chi connectivity index (χ3n) is 2.01. The van der Waals surface area contributed by atoms with Gasteiger partial charge in [-0.2, -0.15) is 0 Å². The van der Waals surface area contributed by atoms with E-state index in [-0.39, 0.29) is 7.46 Å². The number of likely N-dealkylation sites (N-methyl/N-ethyl adjacent to an activating group) is 1. The molecule has 0 aromatic rings. The van der Waals surface area contributed by atoms with E-state index in [0.29, 0.717) is 12.1 Å². The molecule has 3 nitrogen and oxygen atoms in total. The molecule has 0 aromatic carbocycles. The molecule has 1 heterocycles. The average molecular weight is 130 g/mol. The highest BCUT2D eigenvalue weighted by Gasteiger charge is 2.29. The Kier molecular flexibility index (Phi) is 1.35. The summed E-state index contributed by atoms with van der Waals surface area (Å²) in [7, 11) is 1.81. The zero-order chi connectivity index (χ0) is 7.02. The van der Waals surface area contributed by atoms with Crippen LogP contribution >= 0.6 is 0 Å². The zero-order valence-electron chi connectivity index (χ0n) is 6.01. The average Bonchev–Trinajstić information content (AvgIpc) is 1.98. The molecule has 0 radical (unpaired) electrons. The zero-order valence-corrected chi connectivity index (χ0v) is 6.01. The van der Waals surface area contributed by atoms with E-state index in [4.69, 9.17) is 0 Å². The summed E-state index contributed by atoms with van der Waals surface area (Å²) in [6, 6.07) is 0.662. The van der Waals surface area contributed by atoms with Crippen molar-refractivity contribution in [2.45, 2.75) is 25.9 Å². The minimum absolute atomic E-state index is 0. The molecule has 1 aliphatic rings. The molecule has 1 N–H and O–H groups in total. The van der Waals surface area contributed by atoms with Crippen LogP contribution in [-0.4, -0.2) is 30.1 Å². The standard InChI is InChI=1S/C6H12N2O.H2/c1-4-5(2)8(3)6(9)7-4;/h4-5H,1-3H3,(H,7,9);1H/t4-,5+;/m1./s1. The topological polar surface area (TPSA) is 32.3 Å². The van der Waals surface area contributed by atoms with E-state index in [1.54, 1.807) is 4.90 Å². The predicted octanol–water partition coefficient (Wildman–Crippen LogP) is 0.664. The molecule has 1 aliphatic heterocycles. The minimum atomic E-state index is 0. The molecule has 1 fully saturated rings. The summed E-state index contributed by atoms with van der Waals surface area (Å²) >= 11 is 0. The highest BCUT2D eigenvalue weighted by molar-refractivity contribution is 5.77. The van der Waals surface area contributed by atoms with Crippen LogP contribution < -0.4 is 5.32 Å². The molecule has 0 aromatic heterocycles. The Bertz CT molecular complexity index is 140. The SMILES string of the molecule is C[C@H]1NC(=O)N(C)[C@H]1C.[HH]. The van der Waals surface area contributed by atoms with Gasteiger partial charge in [0.25, 0.3) is 0 Å². The van der Waals surface area contributed by atoms with Crippen LogP contribution in [0.5, 0.6) is 0 Å². The third-order valence-corrected chi connectivity index (χ3v) is 2.01. The summed E-state index contributed by atoms with van der Waals surface area (Å²) in [4.78, 5) is 12.5. The minimum Gasteiger partial charge on any atom is -0.333 e. The molecule has 0 unspecified atom stereocenters. The van der Waals surface area contributed by atoms with Gasteiger partial charge in [0.05, 0.1) is 6.04 Å². The van der Waals surface area contributed by atoms with Gasteiger partial charge < -0.3 is 10.2 Å². The maximum absolute atomic E-state index is 10.8. The summed E-state index contributed by atoms with van der Waals surface area (Å²) in [5.74, 6) is 0. The van der Waals surface area contributed by atoms with Gasteiger partial charge in [0.1, 0.15) is 0 Å². The second kappa shape index (κ2) is 1.90. The first-order valence-electron chi connectivity index (χ1n) is 3.16. The molecule has 9 heavy (non-hydrogen) atoms. The fraction of sp³-hybridized carbons (Fsp3) is 0.833. The predicted molar refractivity (Wildman–Crippen MR) is 37.3 cm³/mol. The van der Waals surface area contributed by atoms with Crippen molar-refractivity contribution in [3.63, 3.8) is 0 Å². The molecular formula is C6H14N2O. The highest BCUT2D eigenvalue weighted by atomic mass is 16.2. The molecule has 3 heteroatoms. The van der Waals surface area contributed by atoms with Crippen LogP contribution in [-0.2, 0) is 0 Å². The highest BCUT2D eigenvalue weighted by Crippen LogP contribution is 2.08. The monoisotopic (exact) mass is 130 g/mol. The van der Waals surface area contributed by atoms with Crippen LogP contribution in [0.25, 0.3) is 0 Å². The van der Waals surface area contributed by atoms with Crippen LogP contribution in [0.1, 0.15) is 15.3 Å². The van der Waals surface area contributed by atoms with Gasteiger partial charge in [0.15, 0.2) is 0 Å². The van der Waals surface area contributed by atoms with Gasteiger partial charge >= 0.3 is 6.03 Å². The normalized spacial score (nSPS) is 35.0. The van der Waals surface area contributed by atoms with Crippen molar-refractivity contribution in [3.05, 3.63) is 0 Å². The number of rotatable bonds is 0. The Morgan fingerprint density at radius 1 is 1.67 bits per heavy atom. The van der Waals surface area contributed by atoms with Gasteiger partial charge in [-0.25, -0.2) is 4.79 Å². The van der Waals surface area contributed by atoms with Gasteiger partial charge in [0.2, 0.25) is 0 Å². The van der Waals surface area contributed by atoms with Crippen molar-refractivity contribution in [3.8, 4) is 0 Å². The van der Waals surface area contributed by atoms with E-state index >= 15 is 0 Å². The lowest BCUT2D eigenvalue weighted by atomic mass is 10.2. The molecule has 2 atom stereocenters. The van der Waals surface area contributed by atoms with Gasteiger partial charge in [-0.05, 0) is 13.8 Å². The smallest absolute Gasteiger partial charge is 0.317 e. The lowest BCUT2D eigenvalue weighted by molar-refractivity contribution is 0.218. The number of nitrogens with zero attached hydrogens (tertiary/aromatic N) is 1. The van der Waals surface area contributed by atoms with Crippen LogP contribution in [0, 0.1) is 0 Å². The number of hydrogen-bond donors (Lipinski definition) is 1. The van der Waals surface area contributed by atoms with Crippen molar-refractivity contribution in [1.82, 2.24) is 10.2 Å². The Balaban J connectivity index is 0.000000810. The Morgan fingerprint density at radius 2 is 2.22 bits per heavy atom. The van der Waals surface area contributed by atoms with E-state index in [1.165, 1.54) is 0 Å². The van der Waals surface area contributed by atoms with Crippen LogP contribution in [0.4, 0.5) is 4.79 Å².